The van der Waals surface area contributed by atoms with Crippen molar-refractivity contribution < 1.29 is 24.2 Å². The molecule has 1 saturated carbocycles. The molecule has 7 nitrogen and oxygen atoms in total. The number of alkyl carbamates (subject to hydrolysis) is 1. The maximum Gasteiger partial charge on any atom is 0.407 e. The van der Waals surface area contributed by atoms with E-state index in [0.29, 0.717) is 25.8 Å². The first-order valence-corrected chi connectivity index (χ1v) is 12.1. The smallest absolute Gasteiger partial charge is 0.407 e. The zero-order valence-electron chi connectivity index (χ0n) is 19.3. The van der Waals surface area contributed by atoms with E-state index in [1.54, 1.807) is 4.90 Å². The second-order valence-electron chi connectivity index (χ2n) is 9.84. The summed E-state index contributed by atoms with van der Waals surface area (Å²) in [4.78, 5) is 38.5. The summed E-state index contributed by atoms with van der Waals surface area (Å²) in [7, 11) is 0. The normalized spacial score (nSPS) is 25.6. The lowest BCUT2D eigenvalue weighted by Crippen LogP contribution is -2.37. The maximum atomic E-state index is 12.9. The number of ether oxygens (including phenoxy) is 1. The van der Waals surface area contributed by atoms with Crippen LogP contribution in [0.1, 0.15) is 43.2 Å². The van der Waals surface area contributed by atoms with Gasteiger partial charge in [0.05, 0.1) is 5.92 Å². The fourth-order valence-corrected chi connectivity index (χ4v) is 5.87. The largest absolute Gasteiger partial charge is 0.481 e. The second kappa shape index (κ2) is 9.12. The molecular formula is C27H30N2O5. The van der Waals surface area contributed by atoms with Crippen LogP contribution in [0.25, 0.3) is 11.1 Å². The SMILES string of the molecule is C[C@@H]1CN(C(=O)[C@@H]2CC[C@H](NC(=O)OCC3c4ccccc4-c4ccccc43)C2)C[C@H]1C(=O)O. The van der Waals surface area contributed by atoms with Crippen LogP contribution in [-0.4, -0.2) is 53.7 Å². The minimum absolute atomic E-state index is 0.00689. The molecule has 4 atom stereocenters. The van der Waals surface area contributed by atoms with Crippen LogP contribution in [-0.2, 0) is 14.3 Å². The topological polar surface area (TPSA) is 95.9 Å². The van der Waals surface area contributed by atoms with E-state index in [4.69, 9.17) is 4.74 Å². The van der Waals surface area contributed by atoms with Gasteiger partial charge in [0.25, 0.3) is 0 Å². The average molecular weight is 463 g/mol. The van der Waals surface area contributed by atoms with Gasteiger partial charge >= 0.3 is 12.1 Å². The first kappa shape index (κ1) is 22.4. The van der Waals surface area contributed by atoms with E-state index in [1.807, 2.05) is 31.2 Å². The number of rotatable bonds is 5. The molecule has 5 rings (SSSR count). The van der Waals surface area contributed by atoms with Gasteiger partial charge in [-0.1, -0.05) is 55.5 Å². The Morgan fingerprint density at radius 1 is 1.00 bits per heavy atom. The summed E-state index contributed by atoms with van der Waals surface area (Å²) in [6.07, 6.45) is 1.51. The van der Waals surface area contributed by atoms with Crippen molar-refractivity contribution in [3.63, 3.8) is 0 Å². The van der Waals surface area contributed by atoms with Crippen molar-refractivity contribution in [3.05, 3.63) is 59.7 Å². The molecule has 0 radical (unpaired) electrons. The van der Waals surface area contributed by atoms with Gasteiger partial charge in [-0.05, 0) is 47.4 Å². The van der Waals surface area contributed by atoms with Crippen LogP contribution in [0.4, 0.5) is 4.79 Å². The summed E-state index contributed by atoms with van der Waals surface area (Å²) in [6, 6.07) is 16.3. The summed E-state index contributed by atoms with van der Waals surface area (Å²) in [6.45, 7) is 2.90. The summed E-state index contributed by atoms with van der Waals surface area (Å²) in [5.74, 6) is -1.55. The van der Waals surface area contributed by atoms with Crippen LogP contribution in [0.3, 0.4) is 0 Å². The molecule has 2 N–H and O–H groups in total. The first-order chi connectivity index (χ1) is 16.4. The number of hydrogen-bond donors (Lipinski definition) is 2. The van der Waals surface area contributed by atoms with Gasteiger partial charge in [0.2, 0.25) is 5.91 Å². The molecule has 0 unspecified atom stereocenters. The number of aliphatic carboxylic acids is 1. The molecular weight excluding hydrogens is 432 g/mol. The van der Waals surface area contributed by atoms with Gasteiger partial charge in [-0.2, -0.15) is 0 Å². The highest BCUT2D eigenvalue weighted by molar-refractivity contribution is 5.82. The number of amides is 2. The predicted octanol–water partition coefficient (Wildman–Crippen LogP) is 3.87. The zero-order chi connectivity index (χ0) is 23.8. The van der Waals surface area contributed by atoms with Gasteiger partial charge in [-0.25, -0.2) is 4.79 Å². The van der Waals surface area contributed by atoms with Crippen molar-refractivity contribution in [1.82, 2.24) is 10.2 Å². The third-order valence-corrected chi connectivity index (χ3v) is 7.69. The Labute approximate surface area is 199 Å². The third-order valence-electron chi connectivity index (χ3n) is 7.69. The highest BCUT2D eigenvalue weighted by atomic mass is 16.5. The van der Waals surface area contributed by atoms with Crippen LogP contribution in [0.5, 0.6) is 0 Å². The van der Waals surface area contributed by atoms with Gasteiger partial charge in [-0.15, -0.1) is 0 Å². The Kier molecular flexibility index (Phi) is 6.02. The molecule has 2 aromatic carbocycles. The Hall–Kier alpha value is -3.35. The zero-order valence-corrected chi connectivity index (χ0v) is 19.3. The molecule has 2 aromatic rings. The highest BCUT2D eigenvalue weighted by Gasteiger charge is 2.41. The molecule has 0 bridgehead atoms. The highest BCUT2D eigenvalue weighted by Crippen LogP contribution is 2.44. The molecule has 2 amide bonds. The minimum Gasteiger partial charge on any atom is -0.481 e. The number of carbonyl (C=O) groups excluding carboxylic acids is 2. The van der Waals surface area contributed by atoms with Crippen molar-refractivity contribution in [2.75, 3.05) is 19.7 Å². The van der Waals surface area contributed by atoms with E-state index in [0.717, 1.165) is 0 Å². The Bertz CT molecular complexity index is 1070. The molecule has 178 valence electrons. The molecule has 2 fully saturated rings. The fourth-order valence-electron chi connectivity index (χ4n) is 5.87. The van der Waals surface area contributed by atoms with Gasteiger partial charge in [-0.3, -0.25) is 9.59 Å². The number of nitrogens with one attached hydrogen (secondary N) is 1. The number of carboxylic acids is 1. The summed E-state index contributed by atoms with van der Waals surface area (Å²) in [5.41, 5.74) is 4.71. The lowest BCUT2D eigenvalue weighted by Gasteiger charge is -2.21. The van der Waals surface area contributed by atoms with E-state index in [1.165, 1.54) is 22.3 Å². The van der Waals surface area contributed by atoms with E-state index < -0.39 is 18.0 Å². The Morgan fingerprint density at radius 2 is 1.65 bits per heavy atom. The number of carbonyl (C=O) groups is 3. The summed E-state index contributed by atoms with van der Waals surface area (Å²) in [5, 5.41) is 12.3. The minimum atomic E-state index is -0.843. The van der Waals surface area contributed by atoms with Crippen molar-refractivity contribution in [2.24, 2.45) is 17.8 Å². The molecule has 1 saturated heterocycles. The lowest BCUT2D eigenvalue weighted by atomic mass is 9.98. The summed E-state index contributed by atoms with van der Waals surface area (Å²) < 4.78 is 5.64. The van der Waals surface area contributed by atoms with Gasteiger partial charge < -0.3 is 20.1 Å². The van der Waals surface area contributed by atoms with E-state index >= 15 is 0 Å². The van der Waals surface area contributed by atoms with E-state index in [-0.39, 0.29) is 42.9 Å². The standard InChI is InChI=1S/C27H30N2O5/c1-16-13-29(14-23(16)26(31)32)25(30)17-10-11-18(12-17)28-27(33)34-15-24-21-8-4-2-6-19(21)20-7-3-5-9-22(20)24/h2-9,16-18,23-24H,10-15H2,1H3,(H,28,33)(H,31,32)/t16-,17-,18+,23-/m1/s1. The van der Waals surface area contributed by atoms with E-state index in [9.17, 15) is 19.5 Å². The number of hydrogen-bond acceptors (Lipinski definition) is 4. The van der Waals surface area contributed by atoms with Crippen LogP contribution >= 0.6 is 0 Å². The summed E-state index contributed by atoms with van der Waals surface area (Å²) >= 11 is 0. The number of carboxylic acid groups (broad SMARTS) is 1. The van der Waals surface area contributed by atoms with Gasteiger partial charge in [0, 0.05) is 31.0 Å². The maximum absolute atomic E-state index is 12.9. The molecule has 7 heteroatoms. The number of benzene rings is 2. The molecule has 2 aliphatic carbocycles. The predicted molar refractivity (Wildman–Crippen MR) is 126 cm³/mol. The lowest BCUT2D eigenvalue weighted by molar-refractivity contribution is -0.142. The van der Waals surface area contributed by atoms with Crippen LogP contribution in [0.2, 0.25) is 0 Å². The fraction of sp³-hybridized carbons (Fsp3) is 0.444. The van der Waals surface area contributed by atoms with Gasteiger partial charge in [0.1, 0.15) is 6.61 Å². The number of fused-ring (bicyclic) bond motifs is 3. The molecule has 0 aromatic heterocycles. The average Bonchev–Trinajstić information content (AvgIpc) is 3.53. The monoisotopic (exact) mass is 462 g/mol. The van der Waals surface area contributed by atoms with E-state index in [2.05, 4.69) is 29.6 Å². The quantitative estimate of drug-likeness (QED) is 0.703. The third kappa shape index (κ3) is 4.15. The molecule has 3 aliphatic rings. The second-order valence-corrected chi connectivity index (χ2v) is 9.84. The molecule has 1 heterocycles. The van der Waals surface area contributed by atoms with Gasteiger partial charge in [0.15, 0.2) is 0 Å². The Balaban J connectivity index is 1.14. The molecule has 34 heavy (non-hydrogen) atoms. The number of nitrogens with zero attached hydrogens (tertiary/aromatic N) is 1. The van der Waals surface area contributed by atoms with Crippen molar-refractivity contribution in [3.8, 4) is 11.1 Å². The number of likely N-dealkylation sites (tertiary alicyclic amines) is 1. The Morgan fingerprint density at radius 3 is 2.26 bits per heavy atom. The van der Waals surface area contributed by atoms with Crippen LogP contribution < -0.4 is 5.32 Å². The van der Waals surface area contributed by atoms with Crippen molar-refractivity contribution in [2.45, 2.75) is 38.1 Å². The molecule has 0 spiro atoms. The first-order valence-electron chi connectivity index (χ1n) is 12.1. The van der Waals surface area contributed by atoms with Crippen LogP contribution in [0.15, 0.2) is 48.5 Å². The van der Waals surface area contributed by atoms with Crippen molar-refractivity contribution in [1.29, 1.82) is 0 Å². The molecule has 1 aliphatic heterocycles. The van der Waals surface area contributed by atoms with Crippen molar-refractivity contribution >= 4 is 18.0 Å². The van der Waals surface area contributed by atoms with Crippen LogP contribution in [0, 0.1) is 17.8 Å².